The van der Waals surface area contributed by atoms with E-state index in [1.807, 2.05) is 22.6 Å². The molecule has 32 heavy (non-hydrogen) atoms. The second-order valence-electron chi connectivity index (χ2n) is 8.07. The molecule has 1 saturated heterocycles. The molecule has 2 aromatic carbocycles. The Morgan fingerprint density at radius 2 is 1.78 bits per heavy atom. The first-order chi connectivity index (χ1) is 15.4. The topological polar surface area (TPSA) is 62.5 Å². The maximum absolute atomic E-state index is 13.6. The monoisotopic (exact) mass is 435 g/mol. The summed E-state index contributed by atoms with van der Waals surface area (Å²) in [4.78, 5) is 22.4. The van der Waals surface area contributed by atoms with Gasteiger partial charge in [-0.05, 0) is 42.0 Å². The second kappa shape index (κ2) is 6.56. The maximum atomic E-state index is 13.6. The number of hydrogen-bond acceptors (Lipinski definition) is 4. The van der Waals surface area contributed by atoms with E-state index < -0.39 is 19.0 Å². The van der Waals surface area contributed by atoms with Crippen molar-refractivity contribution in [2.24, 2.45) is 0 Å². The highest BCUT2D eigenvalue weighted by molar-refractivity contribution is 6.00. The van der Waals surface area contributed by atoms with Gasteiger partial charge in [0.2, 0.25) is 5.91 Å². The molecule has 0 atom stereocenters. The van der Waals surface area contributed by atoms with Gasteiger partial charge < -0.3 is 10.2 Å². The Kier molecular flexibility index (Phi) is 3.86. The van der Waals surface area contributed by atoms with Crippen molar-refractivity contribution in [2.75, 3.05) is 23.3 Å². The third-order valence-corrected chi connectivity index (χ3v) is 5.79. The molecule has 1 amide bonds. The number of fused-ring (bicyclic) bond motifs is 2. The minimum Gasteiger partial charge on any atom is -0.341 e. The van der Waals surface area contributed by atoms with Crippen molar-refractivity contribution in [1.82, 2.24) is 14.4 Å². The molecule has 4 aromatic rings. The number of nitrogens with one attached hydrogen (secondary N) is 1. The highest BCUT2D eigenvalue weighted by atomic mass is 19.3. The predicted octanol–water partition coefficient (Wildman–Crippen LogP) is 4.15. The van der Waals surface area contributed by atoms with E-state index in [1.54, 1.807) is 24.5 Å². The van der Waals surface area contributed by atoms with Crippen LogP contribution in [0, 0.1) is 5.82 Å². The Balaban J connectivity index is 1.57. The molecule has 0 unspecified atom stereocenters. The van der Waals surface area contributed by atoms with Crippen LogP contribution in [-0.4, -0.2) is 39.3 Å². The fourth-order valence-electron chi connectivity index (χ4n) is 4.31. The molecule has 2 aliphatic rings. The van der Waals surface area contributed by atoms with E-state index in [1.165, 1.54) is 17.0 Å². The second-order valence-corrected chi connectivity index (χ2v) is 8.07. The van der Waals surface area contributed by atoms with E-state index in [-0.39, 0.29) is 18.1 Å². The first-order valence-electron chi connectivity index (χ1n) is 10.1. The fourth-order valence-corrected chi connectivity index (χ4v) is 4.31. The zero-order chi connectivity index (χ0) is 22.0. The Hall–Kier alpha value is -3.88. The lowest BCUT2D eigenvalue weighted by molar-refractivity contribution is -0.115. The third-order valence-electron chi connectivity index (χ3n) is 5.79. The summed E-state index contributed by atoms with van der Waals surface area (Å²) in [5.41, 5.74) is 4.84. The van der Waals surface area contributed by atoms with Gasteiger partial charge in [-0.1, -0.05) is 6.07 Å². The standard InChI is InChI=1S/C23H16F3N5O/c24-16-4-1-13(2-5-16)19-20(14-3-6-17-15(9-14)10-18(32)28-17)31-8-7-27-21(22(31)29-19)30-11-23(25,26)12-30/h1-9H,10-12H2,(H,28,32). The van der Waals surface area contributed by atoms with Gasteiger partial charge in [0.1, 0.15) is 5.82 Å². The molecule has 1 fully saturated rings. The van der Waals surface area contributed by atoms with Gasteiger partial charge in [0.05, 0.1) is 30.9 Å². The van der Waals surface area contributed by atoms with Crippen LogP contribution in [0.1, 0.15) is 5.56 Å². The van der Waals surface area contributed by atoms with E-state index in [2.05, 4.69) is 10.3 Å². The number of aromatic nitrogens is 3. The molecule has 4 heterocycles. The predicted molar refractivity (Wildman–Crippen MR) is 113 cm³/mol. The molecule has 1 N–H and O–H groups in total. The van der Waals surface area contributed by atoms with Crippen LogP contribution in [0.15, 0.2) is 54.9 Å². The van der Waals surface area contributed by atoms with Gasteiger partial charge in [-0.15, -0.1) is 0 Å². The molecule has 0 spiro atoms. The van der Waals surface area contributed by atoms with E-state index in [4.69, 9.17) is 4.98 Å². The van der Waals surface area contributed by atoms with Crippen molar-refractivity contribution in [2.45, 2.75) is 12.3 Å². The Labute approximate surface area is 180 Å². The average Bonchev–Trinajstić information content (AvgIpc) is 3.31. The molecule has 0 aliphatic carbocycles. The Bertz CT molecular complexity index is 1390. The summed E-state index contributed by atoms with van der Waals surface area (Å²) in [6.45, 7) is -0.833. The zero-order valence-electron chi connectivity index (χ0n) is 16.6. The average molecular weight is 435 g/mol. The normalized spacial score (nSPS) is 16.7. The quantitative estimate of drug-likeness (QED) is 0.525. The van der Waals surface area contributed by atoms with Crippen LogP contribution in [0.25, 0.3) is 28.2 Å². The first-order valence-corrected chi connectivity index (χ1v) is 10.1. The van der Waals surface area contributed by atoms with Gasteiger partial charge >= 0.3 is 0 Å². The van der Waals surface area contributed by atoms with Crippen LogP contribution < -0.4 is 10.2 Å². The molecule has 2 aliphatic heterocycles. The fraction of sp³-hybridized carbons (Fsp3) is 0.174. The number of carbonyl (C=O) groups is 1. The maximum Gasteiger partial charge on any atom is 0.282 e. The van der Waals surface area contributed by atoms with Gasteiger partial charge in [0, 0.05) is 29.2 Å². The molecule has 0 saturated carbocycles. The lowest BCUT2D eigenvalue weighted by Crippen LogP contribution is -2.56. The molecule has 6 rings (SSSR count). The van der Waals surface area contributed by atoms with Gasteiger partial charge in [0.25, 0.3) is 5.92 Å². The summed E-state index contributed by atoms with van der Waals surface area (Å²) in [6, 6.07) is 11.6. The summed E-state index contributed by atoms with van der Waals surface area (Å²) >= 11 is 0. The van der Waals surface area contributed by atoms with Crippen molar-refractivity contribution in [1.29, 1.82) is 0 Å². The molecular formula is C23H16F3N5O. The number of imidazole rings is 1. The SMILES string of the molecule is O=C1Cc2cc(-c3c(-c4ccc(F)cc4)nc4c(N5CC(F)(F)C5)nccn34)ccc2N1. The summed E-state index contributed by atoms with van der Waals surface area (Å²) in [5.74, 6) is -2.82. The molecular weight excluding hydrogens is 419 g/mol. The van der Waals surface area contributed by atoms with Crippen molar-refractivity contribution in [3.8, 4) is 22.5 Å². The largest absolute Gasteiger partial charge is 0.341 e. The smallest absolute Gasteiger partial charge is 0.282 e. The van der Waals surface area contributed by atoms with Crippen LogP contribution in [0.5, 0.6) is 0 Å². The molecule has 6 nitrogen and oxygen atoms in total. The number of rotatable bonds is 3. The number of anilines is 2. The molecule has 0 bridgehead atoms. The minimum absolute atomic E-state index is 0.0701. The summed E-state index contributed by atoms with van der Waals surface area (Å²) in [5, 5.41) is 2.82. The Morgan fingerprint density at radius 1 is 1.03 bits per heavy atom. The number of amides is 1. The van der Waals surface area contributed by atoms with Crippen LogP contribution in [0.2, 0.25) is 0 Å². The van der Waals surface area contributed by atoms with Crippen LogP contribution in [-0.2, 0) is 11.2 Å². The third kappa shape index (κ3) is 2.92. The van der Waals surface area contributed by atoms with Gasteiger partial charge in [0.15, 0.2) is 11.5 Å². The summed E-state index contributed by atoms with van der Waals surface area (Å²) < 4.78 is 42.4. The lowest BCUT2D eigenvalue weighted by atomic mass is 10.0. The van der Waals surface area contributed by atoms with E-state index in [9.17, 15) is 18.0 Å². The van der Waals surface area contributed by atoms with Gasteiger partial charge in [-0.25, -0.2) is 23.1 Å². The molecule has 0 radical (unpaired) electrons. The van der Waals surface area contributed by atoms with E-state index in [0.29, 0.717) is 28.4 Å². The summed E-state index contributed by atoms with van der Waals surface area (Å²) in [7, 11) is 0. The number of hydrogen-bond donors (Lipinski definition) is 1. The van der Waals surface area contributed by atoms with Gasteiger partial charge in [-0.2, -0.15) is 0 Å². The number of nitrogens with zero attached hydrogens (tertiary/aromatic N) is 4. The summed E-state index contributed by atoms with van der Waals surface area (Å²) in [6.07, 6.45) is 3.56. The molecule has 160 valence electrons. The number of halogens is 3. The lowest BCUT2D eigenvalue weighted by Gasteiger charge is -2.39. The van der Waals surface area contributed by atoms with E-state index in [0.717, 1.165) is 16.8 Å². The minimum atomic E-state index is -2.75. The zero-order valence-corrected chi connectivity index (χ0v) is 16.6. The van der Waals surface area contributed by atoms with Crippen LogP contribution >= 0.6 is 0 Å². The van der Waals surface area contributed by atoms with Crippen molar-refractivity contribution in [3.05, 3.63) is 66.2 Å². The highest BCUT2D eigenvalue weighted by Gasteiger charge is 2.45. The number of benzene rings is 2. The highest BCUT2D eigenvalue weighted by Crippen LogP contribution is 2.39. The number of alkyl halides is 2. The van der Waals surface area contributed by atoms with Crippen LogP contribution in [0.4, 0.5) is 24.7 Å². The van der Waals surface area contributed by atoms with Gasteiger partial charge in [-0.3, -0.25) is 9.20 Å². The van der Waals surface area contributed by atoms with E-state index >= 15 is 0 Å². The molecule has 9 heteroatoms. The van der Waals surface area contributed by atoms with Crippen molar-refractivity contribution >= 4 is 23.1 Å². The molecule has 2 aromatic heterocycles. The van der Waals surface area contributed by atoms with Crippen molar-refractivity contribution < 1.29 is 18.0 Å². The van der Waals surface area contributed by atoms with Crippen molar-refractivity contribution in [3.63, 3.8) is 0 Å². The number of carbonyl (C=O) groups excluding carboxylic acids is 1. The van der Waals surface area contributed by atoms with Crippen LogP contribution in [0.3, 0.4) is 0 Å². The Morgan fingerprint density at radius 3 is 2.53 bits per heavy atom. The first kappa shape index (κ1) is 18.9.